The Morgan fingerprint density at radius 3 is 2.92 bits per heavy atom. The molecule has 1 rings (SSSR count). The van der Waals surface area contributed by atoms with Crippen LogP contribution in [0.5, 0.6) is 5.75 Å². The van der Waals surface area contributed by atoms with Crippen LogP contribution < -0.4 is 4.74 Å². The van der Waals surface area contributed by atoms with E-state index in [1.807, 2.05) is 0 Å². The Morgan fingerprint density at radius 1 is 1.62 bits per heavy atom. The van der Waals surface area contributed by atoms with E-state index in [9.17, 15) is 0 Å². The molecule has 66 valence electrons. The maximum Gasteiger partial charge on any atom is 0.205 e. The number of halogens is 1. The molecule has 0 saturated heterocycles. The minimum atomic E-state index is 0.413. The second-order valence-electron chi connectivity index (χ2n) is 2.32. The molecule has 0 aliphatic rings. The average molecular weight is 194 g/mol. The van der Waals surface area contributed by atoms with Crippen LogP contribution >= 0.6 is 11.6 Å². The lowest BCUT2D eigenvalue weighted by atomic mass is 10.3. The Hall–Kier alpha value is -1.46. The third-order valence-corrected chi connectivity index (χ3v) is 1.71. The molecule has 0 N–H and O–H groups in total. The lowest BCUT2D eigenvalue weighted by Crippen LogP contribution is -1.91. The van der Waals surface area contributed by atoms with Crippen LogP contribution in [0.1, 0.15) is 0 Å². The fraction of sp³-hybridized carbons (Fsp3) is 0.100. The van der Waals surface area contributed by atoms with E-state index in [1.165, 1.54) is 0 Å². The molecule has 2 nitrogen and oxygen atoms in total. The largest absolute Gasteiger partial charge is 0.490 e. The van der Waals surface area contributed by atoms with Crippen molar-refractivity contribution in [2.45, 2.75) is 0 Å². The summed E-state index contributed by atoms with van der Waals surface area (Å²) in [6.07, 6.45) is 1.65. The van der Waals surface area contributed by atoms with Crippen LogP contribution in [0.3, 0.4) is 0 Å². The van der Waals surface area contributed by atoms with Crippen LogP contribution in [-0.4, -0.2) is 6.61 Å². The van der Waals surface area contributed by atoms with Gasteiger partial charge < -0.3 is 4.74 Å². The molecule has 0 spiro atoms. The maximum atomic E-state index is 6.78. The van der Waals surface area contributed by atoms with Gasteiger partial charge in [0.2, 0.25) is 5.69 Å². The van der Waals surface area contributed by atoms with Crippen LogP contribution in [0.25, 0.3) is 4.85 Å². The van der Waals surface area contributed by atoms with Crippen LogP contribution in [-0.2, 0) is 0 Å². The summed E-state index contributed by atoms with van der Waals surface area (Å²) in [4.78, 5) is 3.23. The quantitative estimate of drug-likeness (QED) is 0.530. The molecule has 0 aliphatic heterocycles. The van der Waals surface area contributed by atoms with E-state index < -0.39 is 0 Å². The number of rotatable bonds is 3. The molecule has 0 saturated carbocycles. The van der Waals surface area contributed by atoms with Gasteiger partial charge in [0, 0.05) is 0 Å². The SMILES string of the molecule is [C-]#[N+]c1ccc(OCC=C)cc1Cl. The summed E-state index contributed by atoms with van der Waals surface area (Å²) in [7, 11) is 0. The van der Waals surface area contributed by atoms with Gasteiger partial charge in [-0.1, -0.05) is 30.3 Å². The van der Waals surface area contributed by atoms with Crippen molar-refractivity contribution >= 4 is 17.3 Å². The maximum absolute atomic E-state index is 6.78. The van der Waals surface area contributed by atoms with Crippen LogP contribution in [0.2, 0.25) is 5.02 Å². The molecule has 1 aromatic rings. The zero-order valence-corrected chi connectivity index (χ0v) is 7.71. The van der Waals surface area contributed by atoms with Gasteiger partial charge in [-0.25, -0.2) is 4.85 Å². The fourth-order valence-electron chi connectivity index (χ4n) is 0.823. The molecule has 0 aliphatic carbocycles. The second-order valence-corrected chi connectivity index (χ2v) is 2.73. The minimum absolute atomic E-state index is 0.413. The smallest absolute Gasteiger partial charge is 0.205 e. The van der Waals surface area contributed by atoms with Gasteiger partial charge in [0.15, 0.2) is 0 Å². The van der Waals surface area contributed by atoms with Gasteiger partial charge in [0.1, 0.15) is 12.4 Å². The molecule has 0 atom stereocenters. The monoisotopic (exact) mass is 193 g/mol. The molecule has 0 bridgehead atoms. The van der Waals surface area contributed by atoms with Crippen molar-refractivity contribution in [2.24, 2.45) is 0 Å². The zero-order valence-electron chi connectivity index (χ0n) is 6.96. The predicted molar refractivity (Wildman–Crippen MR) is 53.4 cm³/mol. The van der Waals surface area contributed by atoms with Gasteiger partial charge >= 0.3 is 0 Å². The summed E-state index contributed by atoms with van der Waals surface area (Å²) in [5, 5.41) is 0.413. The van der Waals surface area contributed by atoms with Crippen molar-refractivity contribution in [3.8, 4) is 5.75 Å². The molecule has 13 heavy (non-hydrogen) atoms. The third-order valence-electron chi connectivity index (χ3n) is 1.41. The highest BCUT2D eigenvalue weighted by molar-refractivity contribution is 6.33. The number of hydrogen-bond acceptors (Lipinski definition) is 1. The van der Waals surface area contributed by atoms with Gasteiger partial charge in [-0.05, 0) is 12.1 Å². The topological polar surface area (TPSA) is 13.6 Å². The van der Waals surface area contributed by atoms with Crippen LogP contribution in [0.15, 0.2) is 30.9 Å². The molecular formula is C10H8ClNO. The normalized spacial score (nSPS) is 8.92. The molecule has 0 amide bonds. The van der Waals surface area contributed by atoms with E-state index in [2.05, 4.69) is 11.4 Å². The second kappa shape index (κ2) is 4.54. The first kappa shape index (κ1) is 9.63. The van der Waals surface area contributed by atoms with E-state index >= 15 is 0 Å². The highest BCUT2D eigenvalue weighted by Gasteiger charge is 2.00. The molecule has 0 radical (unpaired) electrons. The summed E-state index contributed by atoms with van der Waals surface area (Å²) in [5.74, 6) is 0.650. The summed E-state index contributed by atoms with van der Waals surface area (Å²) >= 11 is 5.79. The standard InChI is InChI=1S/C10H8ClNO/c1-3-6-13-8-4-5-10(12-2)9(11)7-8/h3-5,7H,1,6H2. The Morgan fingerprint density at radius 2 is 2.38 bits per heavy atom. The van der Waals surface area contributed by atoms with E-state index in [4.69, 9.17) is 22.9 Å². The van der Waals surface area contributed by atoms with E-state index in [1.54, 1.807) is 24.3 Å². The molecule has 0 fully saturated rings. The van der Waals surface area contributed by atoms with Crippen molar-refractivity contribution < 1.29 is 4.74 Å². The number of nitrogens with zero attached hydrogens (tertiary/aromatic N) is 1. The molecular weight excluding hydrogens is 186 g/mol. The first-order chi connectivity index (χ1) is 6.27. The van der Waals surface area contributed by atoms with E-state index in [-0.39, 0.29) is 0 Å². The third kappa shape index (κ3) is 2.50. The first-order valence-electron chi connectivity index (χ1n) is 3.68. The van der Waals surface area contributed by atoms with Gasteiger partial charge in [0.05, 0.1) is 11.6 Å². The summed E-state index contributed by atoms with van der Waals surface area (Å²) in [6.45, 7) is 10.7. The number of ether oxygens (including phenoxy) is 1. The van der Waals surface area contributed by atoms with Crippen LogP contribution in [0.4, 0.5) is 5.69 Å². The fourth-order valence-corrected chi connectivity index (χ4v) is 1.04. The Kier molecular flexibility index (Phi) is 3.36. The average Bonchev–Trinajstić information content (AvgIpc) is 2.15. The number of hydrogen-bond donors (Lipinski definition) is 0. The van der Waals surface area contributed by atoms with Gasteiger partial charge in [-0.2, -0.15) is 0 Å². The lowest BCUT2D eigenvalue weighted by molar-refractivity contribution is 0.363. The Balaban J connectivity index is 2.84. The highest BCUT2D eigenvalue weighted by atomic mass is 35.5. The van der Waals surface area contributed by atoms with Crippen molar-refractivity contribution in [3.05, 3.63) is 47.3 Å². The first-order valence-corrected chi connectivity index (χ1v) is 4.06. The van der Waals surface area contributed by atoms with Gasteiger partial charge in [0.25, 0.3) is 0 Å². The summed E-state index contributed by atoms with van der Waals surface area (Å²) in [5.41, 5.74) is 0.438. The highest BCUT2D eigenvalue weighted by Crippen LogP contribution is 2.28. The van der Waals surface area contributed by atoms with E-state index in [0.29, 0.717) is 23.1 Å². The Bertz CT molecular complexity index is 354. The van der Waals surface area contributed by atoms with Gasteiger partial charge in [-0.15, -0.1) is 0 Å². The summed E-state index contributed by atoms with van der Waals surface area (Å²) < 4.78 is 5.23. The molecule has 0 aromatic heterocycles. The zero-order chi connectivity index (χ0) is 9.68. The lowest BCUT2D eigenvalue weighted by Gasteiger charge is -2.03. The molecule has 0 unspecified atom stereocenters. The molecule has 0 heterocycles. The van der Waals surface area contributed by atoms with Crippen LogP contribution in [0, 0.1) is 6.57 Å². The van der Waals surface area contributed by atoms with E-state index in [0.717, 1.165) is 0 Å². The Labute approximate surface area is 82.2 Å². The minimum Gasteiger partial charge on any atom is -0.490 e. The van der Waals surface area contributed by atoms with Crippen molar-refractivity contribution in [1.82, 2.24) is 0 Å². The predicted octanol–water partition coefficient (Wildman–Crippen LogP) is 3.46. The summed E-state index contributed by atoms with van der Waals surface area (Å²) in [6, 6.07) is 4.97. The molecule has 3 heteroatoms. The van der Waals surface area contributed by atoms with Crippen molar-refractivity contribution in [1.29, 1.82) is 0 Å². The van der Waals surface area contributed by atoms with Gasteiger partial charge in [-0.3, -0.25) is 0 Å². The number of benzene rings is 1. The van der Waals surface area contributed by atoms with Crippen molar-refractivity contribution in [2.75, 3.05) is 6.61 Å². The van der Waals surface area contributed by atoms with Crippen molar-refractivity contribution in [3.63, 3.8) is 0 Å². The molecule has 1 aromatic carbocycles.